The van der Waals surface area contributed by atoms with E-state index in [0.29, 0.717) is 0 Å². The quantitative estimate of drug-likeness (QED) is 0.625. The van der Waals surface area contributed by atoms with Crippen molar-refractivity contribution in [3.05, 3.63) is 0 Å². The van der Waals surface area contributed by atoms with Gasteiger partial charge in [-0.15, -0.1) is 0 Å². The molecule has 0 aromatic carbocycles. The number of hydrogen-bond donors (Lipinski definition) is 0. The zero-order valence-electron chi connectivity index (χ0n) is 10.7. The molecule has 0 fully saturated rings. The van der Waals surface area contributed by atoms with Crippen LogP contribution in [0.15, 0.2) is 0 Å². The lowest BCUT2D eigenvalue weighted by atomic mass is 10.6. The molecule has 15 heavy (non-hydrogen) atoms. The van der Waals surface area contributed by atoms with Gasteiger partial charge in [-0.05, 0) is 25.7 Å². The van der Waals surface area contributed by atoms with E-state index in [1.54, 1.807) is 14.2 Å². The fraction of sp³-hybridized carbons (Fsp3) is 1.00. The van der Waals surface area contributed by atoms with Crippen LogP contribution in [0.2, 0.25) is 25.7 Å². The molecule has 0 saturated heterocycles. The molecule has 2 unspecified atom stereocenters. The third-order valence-electron chi connectivity index (χ3n) is 2.20. The highest BCUT2D eigenvalue weighted by molar-refractivity contribution is 6.77. The summed E-state index contributed by atoms with van der Waals surface area (Å²) in [6.45, 7) is 8.32. The summed E-state index contributed by atoms with van der Waals surface area (Å²) < 4.78 is 22.5. The second kappa shape index (κ2) is 7.71. The van der Waals surface area contributed by atoms with Crippen LogP contribution in [0.1, 0.15) is 13.3 Å². The van der Waals surface area contributed by atoms with Crippen molar-refractivity contribution in [1.82, 2.24) is 0 Å². The fourth-order valence-corrected chi connectivity index (χ4v) is 10.4. The van der Waals surface area contributed by atoms with Crippen molar-refractivity contribution in [1.29, 1.82) is 0 Å². The van der Waals surface area contributed by atoms with E-state index in [-0.39, 0.29) is 0 Å². The Morgan fingerprint density at radius 2 is 1.40 bits per heavy atom. The first kappa shape index (κ1) is 15.5. The van der Waals surface area contributed by atoms with Gasteiger partial charge in [-0.2, -0.15) is 0 Å². The van der Waals surface area contributed by atoms with Crippen LogP contribution in [-0.2, 0) is 17.1 Å². The Bertz CT molecular complexity index is 158. The average molecular weight is 269 g/mol. The van der Waals surface area contributed by atoms with Gasteiger partial charge >= 0.3 is 27.1 Å². The Labute approximate surface area is 97.8 Å². The summed E-state index contributed by atoms with van der Waals surface area (Å²) in [7, 11) is -1.65. The molecule has 0 radical (unpaired) electrons. The highest BCUT2D eigenvalue weighted by atomic mass is 28.5. The minimum Gasteiger partial charge on any atom is -0.418 e. The Kier molecular flexibility index (Phi) is 7.97. The van der Waals surface area contributed by atoms with Crippen molar-refractivity contribution in [2.24, 2.45) is 0 Å². The molecule has 0 aliphatic carbocycles. The minimum absolute atomic E-state index is 1.01. The van der Waals surface area contributed by atoms with E-state index in [4.69, 9.17) is 17.1 Å². The van der Waals surface area contributed by atoms with Gasteiger partial charge in [0.1, 0.15) is 0 Å². The minimum atomic E-state index is -2.04. The third kappa shape index (κ3) is 6.61. The molecule has 0 aromatic rings. The SMILES string of the molecule is CCC[Si](C)(O[SiH](C)OC)O[SiH](C)OC. The Balaban J connectivity index is 4.29. The van der Waals surface area contributed by atoms with Crippen LogP contribution in [0.3, 0.4) is 0 Å². The van der Waals surface area contributed by atoms with Crippen LogP contribution in [0.4, 0.5) is 0 Å². The van der Waals surface area contributed by atoms with Gasteiger partial charge in [-0.25, -0.2) is 0 Å². The summed E-state index contributed by atoms with van der Waals surface area (Å²) in [6.07, 6.45) is 1.08. The standard InChI is InChI=1S/C8H24O4Si3/c1-7-8-15(6,11-13(4)9-2)12-14(5)10-3/h13-14H,7-8H2,1-6H3. The van der Waals surface area contributed by atoms with E-state index in [2.05, 4.69) is 13.5 Å². The van der Waals surface area contributed by atoms with E-state index in [1.807, 2.05) is 13.1 Å². The molecule has 0 aliphatic heterocycles. The van der Waals surface area contributed by atoms with Gasteiger partial charge in [0, 0.05) is 14.2 Å². The van der Waals surface area contributed by atoms with Crippen LogP contribution in [0.5, 0.6) is 0 Å². The molecule has 0 aromatic heterocycles. The molecule has 0 N–H and O–H groups in total. The van der Waals surface area contributed by atoms with E-state index >= 15 is 0 Å². The van der Waals surface area contributed by atoms with Gasteiger partial charge in [-0.3, -0.25) is 0 Å². The molecular weight excluding hydrogens is 244 g/mol. The van der Waals surface area contributed by atoms with Gasteiger partial charge in [0.15, 0.2) is 0 Å². The molecule has 2 atom stereocenters. The summed E-state index contributed by atoms with van der Waals surface area (Å²) in [5.74, 6) is 0. The second-order valence-corrected chi connectivity index (χ2v) is 11.6. The van der Waals surface area contributed by atoms with Gasteiger partial charge in [0.25, 0.3) is 0 Å². The van der Waals surface area contributed by atoms with E-state index in [1.165, 1.54) is 0 Å². The van der Waals surface area contributed by atoms with Crippen LogP contribution in [0.25, 0.3) is 0 Å². The zero-order chi connectivity index (χ0) is 11.9. The Morgan fingerprint density at radius 3 is 1.67 bits per heavy atom. The van der Waals surface area contributed by atoms with Crippen molar-refractivity contribution in [3.8, 4) is 0 Å². The molecule has 4 nitrogen and oxygen atoms in total. The summed E-state index contributed by atoms with van der Waals surface area (Å²) >= 11 is 0. The normalized spacial score (nSPS) is 19.6. The monoisotopic (exact) mass is 268 g/mol. The van der Waals surface area contributed by atoms with Crippen molar-refractivity contribution in [3.63, 3.8) is 0 Å². The van der Waals surface area contributed by atoms with Crippen LogP contribution in [0, 0.1) is 0 Å². The summed E-state index contributed by atoms with van der Waals surface area (Å²) in [4.78, 5) is 0. The highest BCUT2D eigenvalue weighted by Crippen LogP contribution is 2.18. The molecule has 7 heteroatoms. The molecular formula is C8H24O4Si3. The maximum Gasteiger partial charge on any atom is 0.317 e. The molecule has 0 heterocycles. The van der Waals surface area contributed by atoms with E-state index < -0.39 is 27.1 Å². The van der Waals surface area contributed by atoms with Crippen molar-refractivity contribution >= 4 is 27.1 Å². The topological polar surface area (TPSA) is 36.9 Å². The molecule has 0 saturated carbocycles. The number of hydrogen-bond acceptors (Lipinski definition) is 4. The lowest BCUT2D eigenvalue weighted by Crippen LogP contribution is -2.47. The van der Waals surface area contributed by atoms with Gasteiger partial charge < -0.3 is 17.1 Å². The molecule has 0 rings (SSSR count). The van der Waals surface area contributed by atoms with E-state index in [9.17, 15) is 0 Å². The molecule has 0 aliphatic rings. The van der Waals surface area contributed by atoms with Crippen LogP contribution >= 0.6 is 0 Å². The lowest BCUT2D eigenvalue weighted by molar-refractivity contribution is 0.270. The van der Waals surface area contributed by atoms with Gasteiger partial charge in [0.05, 0.1) is 0 Å². The maximum atomic E-state index is 5.99. The Hall–Kier alpha value is 0.491. The van der Waals surface area contributed by atoms with Gasteiger partial charge in [-0.1, -0.05) is 13.3 Å². The van der Waals surface area contributed by atoms with Crippen molar-refractivity contribution in [2.45, 2.75) is 39.0 Å². The molecule has 92 valence electrons. The maximum absolute atomic E-state index is 5.99. The summed E-state index contributed by atoms with van der Waals surface area (Å²) in [6, 6.07) is 1.01. The van der Waals surface area contributed by atoms with Crippen molar-refractivity contribution < 1.29 is 17.1 Å². The summed E-state index contributed by atoms with van der Waals surface area (Å²) in [5, 5.41) is 0. The molecule has 0 spiro atoms. The summed E-state index contributed by atoms with van der Waals surface area (Å²) in [5.41, 5.74) is 0. The first-order valence-electron chi connectivity index (χ1n) is 5.38. The molecule has 0 bridgehead atoms. The Morgan fingerprint density at radius 1 is 1.00 bits per heavy atom. The smallest absolute Gasteiger partial charge is 0.317 e. The predicted octanol–water partition coefficient (Wildman–Crippen LogP) is 1.49. The van der Waals surface area contributed by atoms with Gasteiger partial charge in [0.2, 0.25) is 0 Å². The van der Waals surface area contributed by atoms with Crippen LogP contribution < -0.4 is 0 Å². The largest absolute Gasteiger partial charge is 0.418 e. The number of rotatable bonds is 8. The second-order valence-electron chi connectivity index (χ2n) is 3.73. The average Bonchev–Trinajstić information content (AvgIpc) is 2.17. The van der Waals surface area contributed by atoms with E-state index in [0.717, 1.165) is 12.5 Å². The zero-order valence-corrected chi connectivity index (χ0v) is 14.0. The first-order valence-corrected chi connectivity index (χ1v) is 12.1. The predicted molar refractivity (Wildman–Crippen MR) is 68.9 cm³/mol. The highest BCUT2D eigenvalue weighted by Gasteiger charge is 2.34. The third-order valence-corrected chi connectivity index (χ3v) is 11.6. The molecule has 0 amide bonds. The van der Waals surface area contributed by atoms with Crippen LogP contribution in [-0.4, -0.2) is 41.3 Å². The fourth-order valence-electron chi connectivity index (χ4n) is 1.40. The lowest BCUT2D eigenvalue weighted by Gasteiger charge is -2.31. The van der Waals surface area contributed by atoms with Crippen molar-refractivity contribution in [2.75, 3.05) is 14.2 Å². The first-order chi connectivity index (χ1) is 6.97.